The Kier molecular flexibility index (Phi) is 4.31. The zero-order valence-electron chi connectivity index (χ0n) is 12.1. The predicted octanol–water partition coefficient (Wildman–Crippen LogP) is 2.46. The highest BCUT2D eigenvalue weighted by Crippen LogP contribution is 2.37. The van der Waals surface area contributed by atoms with E-state index in [0.29, 0.717) is 24.0 Å². The van der Waals surface area contributed by atoms with E-state index in [1.54, 1.807) is 0 Å². The van der Waals surface area contributed by atoms with Gasteiger partial charge in [0.25, 0.3) is 0 Å². The standard InChI is InChI=1S/C15H28N2O/c1-15(2,3)11-4-6-12(7-5-11)16-10-14(18)17-13-8-9-13/h11-13,16H,4-10H2,1-3H3,(H,17,18). The lowest BCUT2D eigenvalue weighted by Gasteiger charge is -2.37. The van der Waals surface area contributed by atoms with Crippen molar-refractivity contribution >= 4 is 5.91 Å². The third kappa shape index (κ3) is 4.27. The summed E-state index contributed by atoms with van der Waals surface area (Å²) >= 11 is 0. The van der Waals surface area contributed by atoms with Gasteiger partial charge in [-0.25, -0.2) is 0 Å². The molecule has 0 aromatic heterocycles. The lowest BCUT2D eigenvalue weighted by atomic mass is 9.71. The molecule has 0 atom stereocenters. The van der Waals surface area contributed by atoms with Crippen molar-refractivity contribution in [2.24, 2.45) is 11.3 Å². The van der Waals surface area contributed by atoms with Gasteiger partial charge in [0.2, 0.25) is 5.91 Å². The third-order valence-corrected chi connectivity index (χ3v) is 4.45. The molecule has 0 heterocycles. The maximum atomic E-state index is 11.6. The van der Waals surface area contributed by atoms with Gasteiger partial charge in [0.15, 0.2) is 0 Å². The Bertz CT molecular complexity index is 283. The second kappa shape index (κ2) is 5.60. The normalized spacial score (nSPS) is 29.1. The van der Waals surface area contributed by atoms with Crippen LogP contribution in [0.2, 0.25) is 0 Å². The SMILES string of the molecule is CC(C)(C)C1CCC(NCC(=O)NC2CC2)CC1. The number of carbonyl (C=O) groups is 1. The van der Waals surface area contributed by atoms with Gasteiger partial charge in [0.05, 0.1) is 6.54 Å². The van der Waals surface area contributed by atoms with Crippen LogP contribution in [-0.2, 0) is 4.79 Å². The Morgan fingerprint density at radius 1 is 1.00 bits per heavy atom. The summed E-state index contributed by atoms with van der Waals surface area (Å²) in [7, 11) is 0. The highest BCUT2D eigenvalue weighted by molar-refractivity contribution is 5.78. The van der Waals surface area contributed by atoms with Crippen molar-refractivity contribution in [2.75, 3.05) is 6.54 Å². The summed E-state index contributed by atoms with van der Waals surface area (Å²) in [5.41, 5.74) is 0.439. The van der Waals surface area contributed by atoms with Crippen LogP contribution in [0.1, 0.15) is 59.3 Å². The monoisotopic (exact) mass is 252 g/mol. The molecule has 2 aliphatic carbocycles. The molecule has 104 valence electrons. The zero-order chi connectivity index (χ0) is 13.2. The van der Waals surface area contributed by atoms with Gasteiger partial charge in [-0.2, -0.15) is 0 Å². The van der Waals surface area contributed by atoms with Crippen molar-refractivity contribution in [1.82, 2.24) is 10.6 Å². The number of hydrogen-bond acceptors (Lipinski definition) is 2. The van der Waals surface area contributed by atoms with Crippen LogP contribution >= 0.6 is 0 Å². The van der Waals surface area contributed by atoms with Crippen LogP contribution in [0.15, 0.2) is 0 Å². The molecule has 0 aliphatic heterocycles. The first-order valence-corrected chi connectivity index (χ1v) is 7.48. The zero-order valence-corrected chi connectivity index (χ0v) is 12.1. The van der Waals surface area contributed by atoms with E-state index in [4.69, 9.17) is 0 Å². The smallest absolute Gasteiger partial charge is 0.234 e. The summed E-state index contributed by atoms with van der Waals surface area (Å²) in [5.74, 6) is 1.02. The molecule has 0 aromatic carbocycles. The maximum absolute atomic E-state index is 11.6. The van der Waals surface area contributed by atoms with Crippen molar-refractivity contribution in [3.63, 3.8) is 0 Å². The predicted molar refractivity (Wildman–Crippen MR) is 74.4 cm³/mol. The molecule has 0 aromatic rings. The molecule has 18 heavy (non-hydrogen) atoms. The molecular formula is C15H28N2O. The maximum Gasteiger partial charge on any atom is 0.234 e. The summed E-state index contributed by atoms with van der Waals surface area (Å²) in [6.45, 7) is 7.53. The van der Waals surface area contributed by atoms with E-state index in [9.17, 15) is 4.79 Å². The number of amides is 1. The molecule has 0 radical (unpaired) electrons. The number of hydrogen-bond donors (Lipinski definition) is 2. The molecule has 2 fully saturated rings. The Labute approximate surface area is 111 Å². The minimum atomic E-state index is 0.176. The largest absolute Gasteiger partial charge is 0.352 e. The first-order valence-electron chi connectivity index (χ1n) is 7.48. The first-order chi connectivity index (χ1) is 8.45. The van der Waals surface area contributed by atoms with Crippen LogP contribution in [0.25, 0.3) is 0 Å². The van der Waals surface area contributed by atoms with Crippen LogP contribution in [-0.4, -0.2) is 24.5 Å². The second-order valence-corrected chi connectivity index (χ2v) is 7.14. The van der Waals surface area contributed by atoms with Crippen molar-refractivity contribution in [3.8, 4) is 0 Å². The summed E-state index contributed by atoms with van der Waals surface area (Å²) in [4.78, 5) is 11.6. The summed E-state index contributed by atoms with van der Waals surface area (Å²) in [5, 5.41) is 6.44. The highest BCUT2D eigenvalue weighted by atomic mass is 16.2. The summed E-state index contributed by atoms with van der Waals surface area (Å²) < 4.78 is 0. The van der Waals surface area contributed by atoms with E-state index in [1.807, 2.05) is 0 Å². The fraction of sp³-hybridized carbons (Fsp3) is 0.933. The van der Waals surface area contributed by atoms with E-state index in [2.05, 4.69) is 31.4 Å². The third-order valence-electron chi connectivity index (χ3n) is 4.45. The number of carbonyl (C=O) groups excluding carboxylic acids is 1. The Balaban J connectivity index is 1.62. The van der Waals surface area contributed by atoms with Gasteiger partial charge >= 0.3 is 0 Å². The van der Waals surface area contributed by atoms with Crippen LogP contribution in [0, 0.1) is 11.3 Å². The topological polar surface area (TPSA) is 41.1 Å². The molecule has 0 unspecified atom stereocenters. The van der Waals surface area contributed by atoms with E-state index in [-0.39, 0.29) is 5.91 Å². The van der Waals surface area contributed by atoms with Gasteiger partial charge in [-0.15, -0.1) is 0 Å². The highest BCUT2D eigenvalue weighted by Gasteiger charge is 2.30. The van der Waals surface area contributed by atoms with Gasteiger partial charge in [0, 0.05) is 12.1 Å². The van der Waals surface area contributed by atoms with Crippen molar-refractivity contribution in [2.45, 2.75) is 71.4 Å². The van der Waals surface area contributed by atoms with Crippen LogP contribution in [0.4, 0.5) is 0 Å². The van der Waals surface area contributed by atoms with Crippen molar-refractivity contribution in [3.05, 3.63) is 0 Å². The molecule has 1 amide bonds. The lowest BCUT2D eigenvalue weighted by Crippen LogP contribution is -2.42. The molecule has 0 saturated heterocycles. The van der Waals surface area contributed by atoms with E-state index < -0.39 is 0 Å². The van der Waals surface area contributed by atoms with Gasteiger partial charge < -0.3 is 10.6 Å². The minimum Gasteiger partial charge on any atom is -0.352 e. The Morgan fingerprint density at radius 3 is 2.06 bits per heavy atom. The number of nitrogens with one attached hydrogen (secondary N) is 2. The molecule has 0 spiro atoms. The fourth-order valence-electron chi connectivity index (χ4n) is 2.91. The van der Waals surface area contributed by atoms with Crippen molar-refractivity contribution in [1.29, 1.82) is 0 Å². The van der Waals surface area contributed by atoms with Crippen molar-refractivity contribution < 1.29 is 4.79 Å². The fourth-order valence-corrected chi connectivity index (χ4v) is 2.91. The molecule has 3 heteroatoms. The molecule has 2 rings (SSSR count). The van der Waals surface area contributed by atoms with Gasteiger partial charge in [-0.05, 0) is 49.9 Å². The van der Waals surface area contributed by atoms with Crippen LogP contribution in [0.3, 0.4) is 0 Å². The summed E-state index contributed by atoms with van der Waals surface area (Å²) in [6, 6.07) is 1.03. The van der Waals surface area contributed by atoms with E-state index in [1.165, 1.54) is 38.5 Å². The molecule has 3 nitrogen and oxygen atoms in total. The lowest BCUT2D eigenvalue weighted by molar-refractivity contribution is -0.120. The molecule has 2 N–H and O–H groups in total. The average Bonchev–Trinajstić information content (AvgIpc) is 3.10. The minimum absolute atomic E-state index is 0.176. The number of rotatable bonds is 4. The van der Waals surface area contributed by atoms with E-state index in [0.717, 1.165) is 5.92 Å². The van der Waals surface area contributed by atoms with Gasteiger partial charge in [-0.1, -0.05) is 20.8 Å². The van der Waals surface area contributed by atoms with Crippen LogP contribution in [0.5, 0.6) is 0 Å². The second-order valence-electron chi connectivity index (χ2n) is 7.14. The summed E-state index contributed by atoms with van der Waals surface area (Å²) in [6.07, 6.45) is 7.37. The Morgan fingerprint density at radius 2 is 1.56 bits per heavy atom. The molecule has 2 saturated carbocycles. The average molecular weight is 252 g/mol. The quantitative estimate of drug-likeness (QED) is 0.807. The molecular weight excluding hydrogens is 224 g/mol. The molecule has 2 aliphatic rings. The Hall–Kier alpha value is -0.570. The molecule has 0 bridgehead atoms. The van der Waals surface area contributed by atoms with E-state index >= 15 is 0 Å². The van der Waals surface area contributed by atoms with Crippen LogP contribution < -0.4 is 10.6 Å². The van der Waals surface area contributed by atoms with Gasteiger partial charge in [0.1, 0.15) is 0 Å². The van der Waals surface area contributed by atoms with Gasteiger partial charge in [-0.3, -0.25) is 4.79 Å². The first kappa shape index (κ1) is 13.9.